The maximum absolute atomic E-state index is 5.58. The first-order valence-electron chi connectivity index (χ1n) is 7.32. The highest BCUT2D eigenvalue weighted by Gasteiger charge is 2.15. The number of aryl methyl sites for hydroxylation is 1. The minimum atomic E-state index is 0.144. The van der Waals surface area contributed by atoms with E-state index in [0.29, 0.717) is 11.6 Å². The van der Waals surface area contributed by atoms with Gasteiger partial charge in [0.2, 0.25) is 0 Å². The summed E-state index contributed by atoms with van der Waals surface area (Å²) in [5.74, 6) is 7.00. The maximum Gasteiger partial charge on any atom is 0.161 e. The number of nitrogens with two attached hydrogens (primary N) is 1. The molecule has 0 unspecified atom stereocenters. The van der Waals surface area contributed by atoms with E-state index in [4.69, 9.17) is 5.84 Å². The van der Waals surface area contributed by atoms with Crippen LogP contribution in [0.25, 0.3) is 11.4 Å². The Labute approximate surface area is 126 Å². The number of rotatable bonds is 3. The third kappa shape index (κ3) is 3.22. The van der Waals surface area contributed by atoms with Crippen molar-refractivity contribution in [1.29, 1.82) is 0 Å². The molecular formula is C17H24N4. The van der Waals surface area contributed by atoms with Gasteiger partial charge in [0, 0.05) is 16.8 Å². The number of nitrogen functional groups attached to an aromatic ring is 1. The van der Waals surface area contributed by atoms with Crippen molar-refractivity contribution in [2.75, 3.05) is 5.43 Å². The lowest BCUT2D eigenvalue weighted by atomic mass is 9.86. The monoisotopic (exact) mass is 284 g/mol. The van der Waals surface area contributed by atoms with E-state index < -0.39 is 0 Å². The van der Waals surface area contributed by atoms with E-state index in [1.807, 2.05) is 6.92 Å². The number of anilines is 1. The van der Waals surface area contributed by atoms with Crippen LogP contribution >= 0.6 is 0 Å². The van der Waals surface area contributed by atoms with E-state index in [1.54, 1.807) is 0 Å². The lowest BCUT2D eigenvalue weighted by Gasteiger charge is -2.19. The molecule has 0 aliphatic carbocycles. The van der Waals surface area contributed by atoms with Crippen LogP contribution in [0.15, 0.2) is 24.3 Å². The summed E-state index contributed by atoms with van der Waals surface area (Å²) in [6, 6.07) is 8.41. The first kappa shape index (κ1) is 15.4. The van der Waals surface area contributed by atoms with Gasteiger partial charge in [-0.1, -0.05) is 52.0 Å². The maximum atomic E-state index is 5.58. The first-order valence-corrected chi connectivity index (χ1v) is 7.32. The Morgan fingerprint density at radius 3 is 2.19 bits per heavy atom. The van der Waals surface area contributed by atoms with E-state index in [0.717, 1.165) is 23.2 Å². The predicted octanol–water partition coefficient (Wildman–Crippen LogP) is 3.60. The van der Waals surface area contributed by atoms with E-state index >= 15 is 0 Å². The quantitative estimate of drug-likeness (QED) is 0.667. The summed E-state index contributed by atoms with van der Waals surface area (Å²) in [6.07, 6.45) is 0.856. The van der Waals surface area contributed by atoms with Crippen molar-refractivity contribution < 1.29 is 0 Å². The van der Waals surface area contributed by atoms with Gasteiger partial charge in [-0.15, -0.1) is 0 Å². The average molecular weight is 284 g/mol. The van der Waals surface area contributed by atoms with Crippen LogP contribution in [0.5, 0.6) is 0 Å². The molecule has 0 saturated carbocycles. The number of hydrogen-bond acceptors (Lipinski definition) is 4. The molecule has 1 aromatic heterocycles. The number of benzene rings is 1. The van der Waals surface area contributed by atoms with Crippen LogP contribution < -0.4 is 11.3 Å². The zero-order valence-electron chi connectivity index (χ0n) is 13.5. The topological polar surface area (TPSA) is 63.8 Å². The number of nitrogens with one attached hydrogen (secondary N) is 1. The van der Waals surface area contributed by atoms with Crippen LogP contribution in [0.3, 0.4) is 0 Å². The lowest BCUT2D eigenvalue weighted by molar-refractivity contribution is 0.590. The van der Waals surface area contributed by atoms with E-state index in [1.165, 1.54) is 5.56 Å². The van der Waals surface area contributed by atoms with Crippen LogP contribution in [0, 0.1) is 6.92 Å². The molecule has 3 N–H and O–H groups in total. The van der Waals surface area contributed by atoms with Crippen LogP contribution in [-0.2, 0) is 11.8 Å². The van der Waals surface area contributed by atoms with Gasteiger partial charge in [0.25, 0.3) is 0 Å². The smallest absolute Gasteiger partial charge is 0.161 e. The van der Waals surface area contributed by atoms with E-state index in [2.05, 4.69) is 67.4 Å². The summed E-state index contributed by atoms with van der Waals surface area (Å²) in [6.45, 7) is 10.7. The highest BCUT2D eigenvalue weighted by molar-refractivity contribution is 5.60. The molecule has 0 aliphatic heterocycles. The molecule has 0 saturated heterocycles. The molecule has 0 fully saturated rings. The fourth-order valence-corrected chi connectivity index (χ4v) is 2.39. The average Bonchev–Trinajstić information content (AvgIpc) is 2.45. The summed E-state index contributed by atoms with van der Waals surface area (Å²) in [5, 5.41) is 0. The Morgan fingerprint density at radius 2 is 1.71 bits per heavy atom. The van der Waals surface area contributed by atoms with Gasteiger partial charge in [-0.05, 0) is 24.3 Å². The lowest BCUT2D eigenvalue weighted by Crippen LogP contribution is -2.14. The molecule has 0 spiro atoms. The van der Waals surface area contributed by atoms with Gasteiger partial charge in [0.1, 0.15) is 5.82 Å². The van der Waals surface area contributed by atoms with Crippen molar-refractivity contribution in [3.63, 3.8) is 0 Å². The molecule has 2 rings (SSSR count). The highest BCUT2D eigenvalue weighted by Crippen LogP contribution is 2.26. The number of nitrogens with zero attached hydrogens (tertiary/aromatic N) is 2. The standard InChI is InChI=1S/C17H24N4/c1-6-14-11(2)19-15(20-16(14)21-18)12-7-9-13(10-8-12)17(3,4)5/h7-10H,6,18H2,1-5H3,(H,19,20,21). The van der Waals surface area contributed by atoms with Gasteiger partial charge in [-0.25, -0.2) is 15.8 Å². The molecule has 0 radical (unpaired) electrons. The number of aromatic nitrogens is 2. The predicted molar refractivity (Wildman–Crippen MR) is 88.1 cm³/mol. The van der Waals surface area contributed by atoms with Crippen molar-refractivity contribution in [3.05, 3.63) is 41.1 Å². The third-order valence-corrected chi connectivity index (χ3v) is 3.71. The summed E-state index contributed by atoms with van der Waals surface area (Å²) in [4.78, 5) is 9.15. The summed E-state index contributed by atoms with van der Waals surface area (Å²) < 4.78 is 0. The molecule has 0 bridgehead atoms. The minimum absolute atomic E-state index is 0.144. The fraction of sp³-hybridized carbons (Fsp3) is 0.412. The second-order valence-corrected chi connectivity index (χ2v) is 6.29. The van der Waals surface area contributed by atoms with Crippen molar-refractivity contribution in [3.8, 4) is 11.4 Å². The Hall–Kier alpha value is -1.94. The Balaban J connectivity index is 2.45. The Kier molecular flexibility index (Phi) is 4.28. The summed E-state index contributed by atoms with van der Waals surface area (Å²) in [7, 11) is 0. The third-order valence-electron chi connectivity index (χ3n) is 3.71. The second-order valence-electron chi connectivity index (χ2n) is 6.29. The number of hydrazine groups is 1. The molecule has 0 atom stereocenters. The van der Waals surface area contributed by atoms with Crippen LogP contribution in [0.4, 0.5) is 5.82 Å². The molecule has 0 aliphatic rings. The minimum Gasteiger partial charge on any atom is -0.308 e. The Bertz CT molecular complexity index is 624. The second kappa shape index (κ2) is 5.82. The van der Waals surface area contributed by atoms with E-state index in [-0.39, 0.29) is 5.41 Å². The summed E-state index contributed by atoms with van der Waals surface area (Å²) in [5.41, 5.74) is 7.16. The van der Waals surface area contributed by atoms with Gasteiger partial charge in [0.15, 0.2) is 5.82 Å². The van der Waals surface area contributed by atoms with Gasteiger partial charge in [-0.2, -0.15) is 0 Å². The normalized spacial score (nSPS) is 11.5. The SMILES string of the molecule is CCc1c(C)nc(-c2ccc(C(C)(C)C)cc2)nc1NN. The van der Waals surface area contributed by atoms with E-state index in [9.17, 15) is 0 Å². The molecular weight excluding hydrogens is 260 g/mol. The molecule has 1 heterocycles. The van der Waals surface area contributed by atoms with Gasteiger partial charge in [0.05, 0.1) is 0 Å². The molecule has 4 heteroatoms. The zero-order chi connectivity index (χ0) is 15.6. The van der Waals surface area contributed by atoms with Crippen molar-refractivity contribution in [1.82, 2.24) is 9.97 Å². The van der Waals surface area contributed by atoms with Gasteiger partial charge in [-0.3, -0.25) is 0 Å². The largest absolute Gasteiger partial charge is 0.308 e. The van der Waals surface area contributed by atoms with Crippen molar-refractivity contribution in [2.45, 2.75) is 46.5 Å². The summed E-state index contributed by atoms with van der Waals surface area (Å²) >= 11 is 0. The zero-order valence-corrected chi connectivity index (χ0v) is 13.5. The van der Waals surface area contributed by atoms with Gasteiger partial charge < -0.3 is 5.43 Å². The number of hydrogen-bond donors (Lipinski definition) is 2. The molecule has 4 nitrogen and oxygen atoms in total. The van der Waals surface area contributed by atoms with Crippen LogP contribution in [-0.4, -0.2) is 9.97 Å². The van der Waals surface area contributed by atoms with Gasteiger partial charge >= 0.3 is 0 Å². The molecule has 1 aromatic carbocycles. The fourth-order valence-electron chi connectivity index (χ4n) is 2.39. The first-order chi connectivity index (χ1) is 9.86. The van der Waals surface area contributed by atoms with Crippen molar-refractivity contribution in [2.24, 2.45) is 5.84 Å². The van der Waals surface area contributed by atoms with Crippen molar-refractivity contribution >= 4 is 5.82 Å². The molecule has 112 valence electrons. The Morgan fingerprint density at radius 1 is 1.10 bits per heavy atom. The van der Waals surface area contributed by atoms with Crippen LogP contribution in [0.1, 0.15) is 44.5 Å². The van der Waals surface area contributed by atoms with Crippen LogP contribution in [0.2, 0.25) is 0 Å². The highest BCUT2D eigenvalue weighted by atomic mass is 15.3. The molecule has 2 aromatic rings. The molecule has 0 amide bonds. The molecule has 21 heavy (non-hydrogen) atoms.